The van der Waals surface area contributed by atoms with Crippen LogP contribution in [0.25, 0.3) is 0 Å². The molecule has 12 heavy (non-hydrogen) atoms. The van der Waals surface area contributed by atoms with E-state index < -0.39 is 0 Å². The van der Waals surface area contributed by atoms with Crippen LogP contribution in [-0.4, -0.2) is 0 Å². The molecule has 0 nitrogen and oxygen atoms in total. The van der Waals surface area contributed by atoms with Gasteiger partial charge in [0.2, 0.25) is 0 Å². The topological polar surface area (TPSA) is 0 Å². The van der Waals surface area contributed by atoms with Crippen molar-refractivity contribution < 1.29 is 0 Å². The van der Waals surface area contributed by atoms with E-state index in [-0.39, 0.29) is 0 Å². The van der Waals surface area contributed by atoms with Gasteiger partial charge in [-0.05, 0) is 37.3 Å². The van der Waals surface area contributed by atoms with Crippen molar-refractivity contribution in [2.24, 2.45) is 0 Å². The Bertz CT molecular complexity index is 182. The summed E-state index contributed by atoms with van der Waals surface area (Å²) in [5.74, 6) is 0. The standard InChI is InChI=1S/C10H14.C2H6/c1-3-6-10-8-5-7-9(10)4-2;1-2/h3-4,6H,2,5,7-8H2,1H3;1-2H3/b6-3-;. The highest BCUT2D eigenvalue weighted by Crippen LogP contribution is 2.27. The van der Waals surface area contributed by atoms with Crippen LogP contribution in [0.1, 0.15) is 40.0 Å². The van der Waals surface area contributed by atoms with Crippen LogP contribution in [0.3, 0.4) is 0 Å². The molecule has 0 aromatic carbocycles. The third-order valence-electron chi connectivity index (χ3n) is 1.92. The quantitative estimate of drug-likeness (QED) is 0.572. The van der Waals surface area contributed by atoms with Crippen LogP contribution in [0.5, 0.6) is 0 Å². The fraction of sp³-hybridized carbons (Fsp3) is 0.500. The van der Waals surface area contributed by atoms with Gasteiger partial charge >= 0.3 is 0 Å². The first-order chi connectivity index (χ1) is 5.88. The SMILES string of the molecule is C=CC1=C(/C=C\C)CCC1.CC. The van der Waals surface area contributed by atoms with Crippen molar-refractivity contribution in [2.75, 3.05) is 0 Å². The molecule has 0 atom stereocenters. The highest BCUT2D eigenvalue weighted by atomic mass is 14.1. The second-order valence-electron chi connectivity index (χ2n) is 2.61. The molecular formula is C12H20. The van der Waals surface area contributed by atoms with Gasteiger partial charge in [0.25, 0.3) is 0 Å². The summed E-state index contributed by atoms with van der Waals surface area (Å²) in [6, 6.07) is 0. The summed E-state index contributed by atoms with van der Waals surface area (Å²) in [7, 11) is 0. The van der Waals surface area contributed by atoms with Gasteiger partial charge in [0, 0.05) is 0 Å². The van der Waals surface area contributed by atoms with Crippen LogP contribution >= 0.6 is 0 Å². The number of hydrogen-bond donors (Lipinski definition) is 0. The molecule has 0 radical (unpaired) electrons. The van der Waals surface area contributed by atoms with E-state index in [4.69, 9.17) is 0 Å². The number of hydrogen-bond acceptors (Lipinski definition) is 0. The Balaban J connectivity index is 0.000000561. The molecule has 0 amide bonds. The van der Waals surface area contributed by atoms with Gasteiger partial charge < -0.3 is 0 Å². The molecular weight excluding hydrogens is 144 g/mol. The average molecular weight is 164 g/mol. The summed E-state index contributed by atoms with van der Waals surface area (Å²) in [5, 5.41) is 0. The van der Waals surface area contributed by atoms with Gasteiger partial charge in [0.05, 0.1) is 0 Å². The van der Waals surface area contributed by atoms with Crippen LogP contribution in [0.2, 0.25) is 0 Å². The molecule has 0 spiro atoms. The molecule has 1 aliphatic rings. The zero-order valence-corrected chi connectivity index (χ0v) is 8.56. The Kier molecular flexibility index (Phi) is 6.45. The first kappa shape index (κ1) is 11.2. The van der Waals surface area contributed by atoms with Crippen molar-refractivity contribution >= 4 is 0 Å². The molecule has 0 bridgehead atoms. The molecule has 0 fully saturated rings. The van der Waals surface area contributed by atoms with Gasteiger partial charge in [0.1, 0.15) is 0 Å². The zero-order valence-electron chi connectivity index (χ0n) is 8.56. The summed E-state index contributed by atoms with van der Waals surface area (Å²) in [5.41, 5.74) is 2.93. The second kappa shape index (κ2) is 6.90. The molecule has 1 aliphatic carbocycles. The van der Waals surface area contributed by atoms with Crippen LogP contribution in [0, 0.1) is 0 Å². The van der Waals surface area contributed by atoms with Crippen LogP contribution in [0.15, 0.2) is 36.0 Å². The zero-order chi connectivity index (χ0) is 9.40. The summed E-state index contributed by atoms with van der Waals surface area (Å²) in [4.78, 5) is 0. The Hall–Kier alpha value is -0.780. The van der Waals surface area contributed by atoms with E-state index in [1.165, 1.54) is 30.4 Å². The fourth-order valence-electron chi connectivity index (χ4n) is 1.42. The molecule has 0 heteroatoms. The lowest BCUT2D eigenvalue weighted by atomic mass is 10.1. The van der Waals surface area contributed by atoms with Crippen molar-refractivity contribution in [3.8, 4) is 0 Å². The normalized spacial score (nSPS) is 16.2. The Morgan fingerprint density at radius 1 is 1.17 bits per heavy atom. The van der Waals surface area contributed by atoms with Crippen LogP contribution in [-0.2, 0) is 0 Å². The van der Waals surface area contributed by atoms with Gasteiger partial charge in [-0.15, -0.1) is 0 Å². The van der Waals surface area contributed by atoms with Crippen molar-refractivity contribution in [1.82, 2.24) is 0 Å². The third kappa shape index (κ3) is 3.08. The molecule has 0 saturated carbocycles. The monoisotopic (exact) mass is 164 g/mol. The van der Waals surface area contributed by atoms with Gasteiger partial charge in [-0.1, -0.05) is 38.7 Å². The van der Waals surface area contributed by atoms with Gasteiger partial charge in [0.15, 0.2) is 0 Å². The van der Waals surface area contributed by atoms with Gasteiger partial charge in [-0.25, -0.2) is 0 Å². The van der Waals surface area contributed by atoms with E-state index >= 15 is 0 Å². The minimum atomic E-state index is 1.23. The highest BCUT2D eigenvalue weighted by Gasteiger charge is 2.07. The molecule has 1 rings (SSSR count). The maximum absolute atomic E-state index is 3.78. The van der Waals surface area contributed by atoms with E-state index in [9.17, 15) is 0 Å². The Morgan fingerprint density at radius 2 is 1.75 bits per heavy atom. The maximum atomic E-state index is 3.78. The number of rotatable bonds is 2. The second-order valence-corrected chi connectivity index (χ2v) is 2.61. The third-order valence-corrected chi connectivity index (χ3v) is 1.92. The molecule has 0 heterocycles. The largest absolute Gasteiger partial charge is 0.0988 e. The molecule has 0 aliphatic heterocycles. The highest BCUT2D eigenvalue weighted by molar-refractivity contribution is 5.35. The van der Waals surface area contributed by atoms with Crippen molar-refractivity contribution in [2.45, 2.75) is 40.0 Å². The van der Waals surface area contributed by atoms with Crippen molar-refractivity contribution in [3.05, 3.63) is 36.0 Å². The summed E-state index contributed by atoms with van der Waals surface area (Å²) >= 11 is 0. The maximum Gasteiger partial charge on any atom is -0.0273 e. The van der Waals surface area contributed by atoms with E-state index in [1.807, 2.05) is 19.9 Å². The first-order valence-electron chi connectivity index (χ1n) is 4.85. The van der Waals surface area contributed by atoms with E-state index in [2.05, 4.69) is 25.7 Å². The summed E-state index contributed by atoms with van der Waals surface area (Å²) < 4.78 is 0. The lowest BCUT2D eigenvalue weighted by molar-refractivity contribution is 0.906. The minimum absolute atomic E-state index is 1.23. The fourth-order valence-corrected chi connectivity index (χ4v) is 1.42. The molecule has 0 N–H and O–H groups in total. The predicted octanol–water partition coefficient (Wildman–Crippen LogP) is 4.26. The molecule has 68 valence electrons. The Labute approximate surface area is 76.7 Å². The summed E-state index contributed by atoms with van der Waals surface area (Å²) in [6.45, 7) is 9.84. The molecule has 0 aromatic rings. The molecule has 0 unspecified atom stereocenters. The van der Waals surface area contributed by atoms with Crippen molar-refractivity contribution in [1.29, 1.82) is 0 Å². The summed E-state index contributed by atoms with van der Waals surface area (Å²) in [6.07, 6.45) is 10.1. The van der Waals surface area contributed by atoms with E-state index in [0.717, 1.165) is 0 Å². The lowest BCUT2D eigenvalue weighted by Crippen LogP contribution is -1.73. The van der Waals surface area contributed by atoms with E-state index in [1.54, 1.807) is 0 Å². The van der Waals surface area contributed by atoms with Gasteiger partial charge in [-0.2, -0.15) is 0 Å². The molecule has 0 aromatic heterocycles. The predicted molar refractivity (Wildman–Crippen MR) is 57.2 cm³/mol. The lowest BCUT2D eigenvalue weighted by Gasteiger charge is -1.93. The Morgan fingerprint density at radius 3 is 2.25 bits per heavy atom. The first-order valence-corrected chi connectivity index (χ1v) is 4.85. The number of allylic oxidation sites excluding steroid dienone is 5. The average Bonchev–Trinajstić information content (AvgIpc) is 2.56. The smallest absolute Gasteiger partial charge is 0.0273 e. The van der Waals surface area contributed by atoms with Crippen molar-refractivity contribution in [3.63, 3.8) is 0 Å². The van der Waals surface area contributed by atoms with Gasteiger partial charge in [-0.3, -0.25) is 0 Å². The minimum Gasteiger partial charge on any atom is -0.0988 e. The van der Waals surface area contributed by atoms with Crippen LogP contribution in [0.4, 0.5) is 0 Å². The molecule has 0 saturated heterocycles. The van der Waals surface area contributed by atoms with Crippen LogP contribution < -0.4 is 0 Å². The van der Waals surface area contributed by atoms with E-state index in [0.29, 0.717) is 0 Å².